The van der Waals surface area contributed by atoms with Crippen LogP contribution in [0.15, 0.2) is 24.6 Å². The highest BCUT2D eigenvalue weighted by molar-refractivity contribution is 4.85. The molecule has 3 heteroatoms. The van der Waals surface area contributed by atoms with Crippen molar-refractivity contribution >= 4 is 0 Å². The second-order valence-corrected chi connectivity index (χ2v) is 6.12. The summed E-state index contributed by atoms with van der Waals surface area (Å²) in [6, 6.07) is 0. The van der Waals surface area contributed by atoms with Crippen molar-refractivity contribution in [3.8, 4) is 0 Å². The van der Waals surface area contributed by atoms with Crippen LogP contribution >= 0.6 is 0 Å². The summed E-state index contributed by atoms with van der Waals surface area (Å²) >= 11 is 0. The normalized spacial score (nSPS) is 24.8. The van der Waals surface area contributed by atoms with Crippen molar-refractivity contribution in [2.24, 2.45) is 0 Å². The van der Waals surface area contributed by atoms with E-state index in [1.807, 2.05) is 0 Å². The van der Waals surface area contributed by atoms with Crippen LogP contribution in [-0.2, 0) is 0 Å². The number of nitrogens with one attached hydrogen (secondary N) is 1. The summed E-state index contributed by atoms with van der Waals surface area (Å²) in [6.07, 6.45) is 19.6. The van der Waals surface area contributed by atoms with Crippen molar-refractivity contribution in [3.05, 3.63) is 24.6 Å². The fourth-order valence-electron chi connectivity index (χ4n) is 3.14. The zero-order valence-corrected chi connectivity index (χ0v) is 14.1. The zero-order chi connectivity index (χ0) is 15.4. The number of likely N-dealkylation sites (N-methyl/N-ethyl adjacent to an activating group) is 1. The molecule has 0 aliphatic carbocycles. The molecule has 0 bridgehead atoms. The van der Waals surface area contributed by atoms with Gasteiger partial charge in [-0.1, -0.05) is 31.9 Å². The lowest BCUT2D eigenvalue weighted by atomic mass is 10.1. The Morgan fingerprint density at radius 3 is 2.43 bits per heavy atom. The van der Waals surface area contributed by atoms with Crippen molar-refractivity contribution < 1.29 is 9.59 Å². The van der Waals surface area contributed by atoms with Gasteiger partial charge in [0.1, 0.15) is 12.7 Å². The Hall–Kier alpha value is -0.800. The van der Waals surface area contributed by atoms with E-state index in [2.05, 4.69) is 43.7 Å². The van der Waals surface area contributed by atoms with Crippen molar-refractivity contribution in [1.82, 2.24) is 5.32 Å². The Morgan fingerprint density at radius 1 is 1.10 bits per heavy atom. The number of rotatable bonds is 12. The molecule has 0 saturated heterocycles. The van der Waals surface area contributed by atoms with Crippen LogP contribution in [-0.4, -0.2) is 35.5 Å². The first-order valence-electron chi connectivity index (χ1n) is 8.85. The van der Waals surface area contributed by atoms with Crippen molar-refractivity contribution in [3.63, 3.8) is 0 Å². The number of aliphatic hydroxyl groups is 1. The molecule has 1 rings (SSSR count). The van der Waals surface area contributed by atoms with Crippen molar-refractivity contribution in [1.29, 1.82) is 0 Å². The third-order valence-electron chi connectivity index (χ3n) is 4.63. The molecule has 0 amide bonds. The molecular weight excluding hydrogens is 260 g/mol. The SMILES string of the molecule is CCCCC/C=C/CCCCC1NC=C[N+]1(CC)CCO. The average Bonchev–Trinajstić information content (AvgIpc) is 2.89. The molecule has 2 N–H and O–H groups in total. The van der Waals surface area contributed by atoms with E-state index in [1.54, 1.807) is 0 Å². The number of hydrogen-bond acceptors (Lipinski definition) is 2. The smallest absolute Gasteiger partial charge is 0.166 e. The van der Waals surface area contributed by atoms with Gasteiger partial charge in [0.2, 0.25) is 0 Å². The molecule has 1 aliphatic heterocycles. The van der Waals surface area contributed by atoms with Gasteiger partial charge in [-0.15, -0.1) is 0 Å². The molecule has 0 saturated carbocycles. The number of aliphatic hydroxyl groups excluding tert-OH is 1. The molecule has 2 unspecified atom stereocenters. The average molecular weight is 295 g/mol. The summed E-state index contributed by atoms with van der Waals surface area (Å²) in [6.45, 7) is 6.59. The van der Waals surface area contributed by atoms with Crippen LogP contribution in [0.25, 0.3) is 0 Å². The molecule has 1 aliphatic rings. The lowest BCUT2D eigenvalue weighted by Gasteiger charge is -2.36. The van der Waals surface area contributed by atoms with Crippen LogP contribution in [0.1, 0.15) is 65.2 Å². The third kappa shape index (κ3) is 6.23. The topological polar surface area (TPSA) is 32.3 Å². The maximum absolute atomic E-state index is 9.28. The highest BCUT2D eigenvalue weighted by Crippen LogP contribution is 2.22. The molecular formula is C18H35N2O+. The first-order chi connectivity index (χ1) is 10.3. The lowest BCUT2D eigenvalue weighted by Crippen LogP contribution is -2.54. The maximum atomic E-state index is 9.28. The molecule has 122 valence electrons. The third-order valence-corrected chi connectivity index (χ3v) is 4.63. The molecule has 3 nitrogen and oxygen atoms in total. The Balaban J connectivity index is 2.15. The standard InChI is InChI=1S/C18H35N2O/c1-3-5-6-7-8-9-10-11-12-13-18-19-14-15-20(18,4-2)16-17-21/h8-9,14-15,18-19,21H,3-7,10-13,16-17H2,1-2H3/q+1/b9-8+. The maximum Gasteiger partial charge on any atom is 0.166 e. The van der Waals surface area contributed by atoms with Crippen molar-refractivity contribution in [2.75, 3.05) is 19.7 Å². The van der Waals surface area contributed by atoms with Gasteiger partial charge in [0.15, 0.2) is 6.17 Å². The van der Waals surface area contributed by atoms with Crippen LogP contribution in [0.2, 0.25) is 0 Å². The molecule has 0 aromatic carbocycles. The van der Waals surface area contributed by atoms with E-state index in [0.717, 1.165) is 17.6 Å². The largest absolute Gasteiger partial charge is 0.390 e. The summed E-state index contributed by atoms with van der Waals surface area (Å²) < 4.78 is 0.892. The Labute approximate surface area is 131 Å². The van der Waals surface area contributed by atoms with Crippen LogP contribution in [0.4, 0.5) is 0 Å². The minimum atomic E-state index is 0.261. The number of hydrogen-bond donors (Lipinski definition) is 2. The fourth-order valence-corrected chi connectivity index (χ4v) is 3.14. The molecule has 0 radical (unpaired) electrons. The van der Waals surface area contributed by atoms with Crippen LogP contribution < -0.4 is 5.32 Å². The monoisotopic (exact) mass is 295 g/mol. The van der Waals surface area contributed by atoms with Gasteiger partial charge in [-0.25, -0.2) is 0 Å². The highest BCUT2D eigenvalue weighted by Gasteiger charge is 2.35. The van der Waals surface area contributed by atoms with E-state index in [-0.39, 0.29) is 6.61 Å². The van der Waals surface area contributed by atoms with E-state index in [4.69, 9.17) is 0 Å². The van der Waals surface area contributed by atoms with Crippen LogP contribution in [0, 0.1) is 0 Å². The van der Waals surface area contributed by atoms with E-state index in [9.17, 15) is 5.11 Å². The first kappa shape index (κ1) is 18.2. The number of nitrogens with zero attached hydrogens (tertiary/aromatic N) is 1. The summed E-state index contributed by atoms with van der Waals surface area (Å²) in [7, 11) is 0. The van der Waals surface area contributed by atoms with E-state index < -0.39 is 0 Å². The molecule has 0 aromatic rings. The van der Waals surface area contributed by atoms with Crippen molar-refractivity contribution in [2.45, 2.75) is 71.4 Å². The van der Waals surface area contributed by atoms with Gasteiger partial charge in [0.05, 0.1) is 19.4 Å². The van der Waals surface area contributed by atoms with Gasteiger partial charge in [-0.3, -0.25) is 4.48 Å². The van der Waals surface area contributed by atoms with E-state index in [0.29, 0.717) is 6.17 Å². The van der Waals surface area contributed by atoms with Crippen LogP contribution in [0.3, 0.4) is 0 Å². The molecule has 2 atom stereocenters. The second-order valence-electron chi connectivity index (χ2n) is 6.12. The number of quaternary nitrogens is 1. The molecule has 21 heavy (non-hydrogen) atoms. The summed E-state index contributed by atoms with van der Waals surface area (Å²) in [5.74, 6) is 0. The van der Waals surface area contributed by atoms with Crippen LogP contribution in [0.5, 0.6) is 0 Å². The summed E-state index contributed by atoms with van der Waals surface area (Å²) in [5, 5.41) is 12.8. The molecule has 0 fully saturated rings. The van der Waals surface area contributed by atoms with Gasteiger partial charge >= 0.3 is 0 Å². The Bertz CT molecular complexity index is 314. The lowest BCUT2D eigenvalue weighted by molar-refractivity contribution is -0.900. The minimum absolute atomic E-state index is 0.261. The first-order valence-corrected chi connectivity index (χ1v) is 8.85. The summed E-state index contributed by atoms with van der Waals surface area (Å²) in [5.41, 5.74) is 0. The van der Waals surface area contributed by atoms with Gasteiger partial charge in [-0.05, 0) is 39.0 Å². The van der Waals surface area contributed by atoms with Gasteiger partial charge in [0.25, 0.3) is 0 Å². The Kier molecular flexibility index (Phi) is 9.44. The number of unbranched alkanes of at least 4 members (excludes halogenated alkanes) is 5. The molecule has 1 heterocycles. The summed E-state index contributed by atoms with van der Waals surface area (Å²) in [4.78, 5) is 0. The zero-order valence-electron chi connectivity index (χ0n) is 14.1. The highest BCUT2D eigenvalue weighted by atomic mass is 16.3. The van der Waals surface area contributed by atoms with Gasteiger partial charge in [0, 0.05) is 6.42 Å². The molecule has 0 aromatic heterocycles. The fraction of sp³-hybridized carbons (Fsp3) is 0.778. The Morgan fingerprint density at radius 2 is 1.81 bits per heavy atom. The van der Waals surface area contributed by atoms with Gasteiger partial charge < -0.3 is 10.4 Å². The van der Waals surface area contributed by atoms with E-state index >= 15 is 0 Å². The van der Waals surface area contributed by atoms with Gasteiger partial charge in [-0.2, -0.15) is 0 Å². The second kappa shape index (κ2) is 10.9. The minimum Gasteiger partial charge on any atom is -0.390 e. The molecule has 0 spiro atoms. The number of allylic oxidation sites excluding steroid dienone is 2. The quantitative estimate of drug-likeness (QED) is 0.325. The van der Waals surface area contributed by atoms with E-state index in [1.165, 1.54) is 51.4 Å². The predicted octanol–water partition coefficient (Wildman–Crippen LogP) is 3.91. The predicted molar refractivity (Wildman–Crippen MR) is 90.6 cm³/mol.